The molecule has 2 aromatic rings. The number of aryl methyl sites for hydroxylation is 1. The van der Waals surface area contributed by atoms with Crippen molar-refractivity contribution < 1.29 is 26.7 Å². The molecule has 0 saturated carbocycles. The Morgan fingerprint density at radius 1 is 1.25 bits per heavy atom. The Morgan fingerprint density at radius 2 is 1.93 bits per heavy atom. The fraction of sp³-hybridized carbons (Fsp3) is 0.375. The van der Waals surface area contributed by atoms with Gasteiger partial charge in [-0.1, -0.05) is 17.7 Å². The molecule has 0 aliphatic rings. The van der Waals surface area contributed by atoms with Gasteiger partial charge in [-0.05, 0) is 13.0 Å². The molecule has 0 radical (unpaired) electrons. The zero-order chi connectivity index (χ0) is 20.0. The van der Waals surface area contributed by atoms with Crippen molar-refractivity contribution in [3.63, 3.8) is 0 Å². The molecular formula is C16H18F5IN4OS. The van der Waals surface area contributed by atoms with E-state index in [0.717, 1.165) is 22.3 Å². The van der Waals surface area contributed by atoms with Crippen molar-refractivity contribution in [2.24, 2.45) is 4.99 Å². The molecular weight excluding hydrogens is 518 g/mol. The summed E-state index contributed by atoms with van der Waals surface area (Å²) in [4.78, 5) is 7.46. The molecule has 156 valence electrons. The first-order chi connectivity index (χ1) is 12.7. The number of nitrogens with zero attached hydrogens (tertiary/aromatic N) is 2. The fourth-order valence-electron chi connectivity index (χ4n) is 2.14. The molecule has 0 aliphatic carbocycles. The highest BCUT2D eigenvalue weighted by atomic mass is 127. The van der Waals surface area contributed by atoms with Gasteiger partial charge in [0.1, 0.15) is 10.8 Å². The van der Waals surface area contributed by atoms with Crippen molar-refractivity contribution >= 4 is 41.3 Å². The lowest BCUT2D eigenvalue weighted by Gasteiger charge is -2.14. The second kappa shape index (κ2) is 10.7. The minimum absolute atomic E-state index is 0. The average molecular weight is 536 g/mol. The predicted octanol–water partition coefficient (Wildman–Crippen LogP) is 4.55. The summed E-state index contributed by atoms with van der Waals surface area (Å²) in [7, 11) is 1.48. The van der Waals surface area contributed by atoms with Gasteiger partial charge in [-0.25, -0.2) is 4.98 Å². The standard InChI is InChI=1S/C16H17F5N4OS.HI/c1-9-3-4-11(26-14(17)18)10(5-9)6-23-15(22-2)24-7-13-25-12(8-27-13)16(19,20)21;/h3-5,8,14H,6-7H2,1-2H3,(H2,22,23,24);1H. The highest BCUT2D eigenvalue weighted by molar-refractivity contribution is 14.0. The number of benzene rings is 1. The number of aliphatic imine (C=N–C) groups is 1. The quantitative estimate of drug-likeness (QED) is 0.246. The number of alkyl halides is 5. The van der Waals surface area contributed by atoms with Crippen LogP contribution in [0.15, 0.2) is 28.6 Å². The number of guanidine groups is 1. The van der Waals surface area contributed by atoms with E-state index in [1.165, 1.54) is 13.1 Å². The van der Waals surface area contributed by atoms with Crippen LogP contribution in [0.5, 0.6) is 5.75 Å². The van der Waals surface area contributed by atoms with Crippen molar-refractivity contribution in [2.75, 3.05) is 7.05 Å². The van der Waals surface area contributed by atoms with Crippen LogP contribution in [-0.4, -0.2) is 24.6 Å². The monoisotopic (exact) mass is 536 g/mol. The van der Waals surface area contributed by atoms with E-state index in [1.54, 1.807) is 12.1 Å². The lowest BCUT2D eigenvalue weighted by atomic mass is 10.1. The molecule has 0 saturated heterocycles. The number of hydrogen-bond donors (Lipinski definition) is 2. The van der Waals surface area contributed by atoms with E-state index in [-0.39, 0.29) is 53.8 Å². The van der Waals surface area contributed by atoms with Gasteiger partial charge >= 0.3 is 12.8 Å². The van der Waals surface area contributed by atoms with Crippen molar-refractivity contribution in [3.8, 4) is 5.75 Å². The third kappa shape index (κ3) is 7.37. The van der Waals surface area contributed by atoms with E-state index in [4.69, 9.17) is 0 Å². The zero-order valence-corrected chi connectivity index (χ0v) is 18.0. The van der Waals surface area contributed by atoms with Crippen molar-refractivity contribution in [2.45, 2.75) is 32.8 Å². The molecule has 2 N–H and O–H groups in total. The second-order valence-electron chi connectivity index (χ2n) is 5.39. The molecule has 0 bridgehead atoms. The van der Waals surface area contributed by atoms with Crippen LogP contribution in [0.4, 0.5) is 22.0 Å². The van der Waals surface area contributed by atoms with Gasteiger partial charge in [0.25, 0.3) is 0 Å². The molecule has 1 heterocycles. The number of hydrogen-bond acceptors (Lipinski definition) is 4. The Hall–Kier alpha value is -1.70. The van der Waals surface area contributed by atoms with Gasteiger partial charge in [-0.2, -0.15) is 22.0 Å². The van der Waals surface area contributed by atoms with Gasteiger partial charge in [0, 0.05) is 24.5 Å². The summed E-state index contributed by atoms with van der Waals surface area (Å²) in [6.45, 7) is -0.968. The lowest BCUT2D eigenvalue weighted by molar-refractivity contribution is -0.140. The van der Waals surface area contributed by atoms with Crippen molar-refractivity contribution in [1.29, 1.82) is 0 Å². The molecule has 2 rings (SSSR count). The number of aromatic nitrogens is 1. The first kappa shape index (κ1) is 24.3. The van der Waals surface area contributed by atoms with Crippen LogP contribution >= 0.6 is 35.3 Å². The molecule has 5 nitrogen and oxygen atoms in total. The first-order valence-corrected chi connectivity index (χ1v) is 8.57. The third-order valence-electron chi connectivity index (χ3n) is 3.35. The van der Waals surface area contributed by atoms with Crippen LogP contribution in [0.1, 0.15) is 21.8 Å². The molecule has 0 fully saturated rings. The summed E-state index contributed by atoms with van der Waals surface area (Å²) in [6.07, 6.45) is -4.49. The van der Waals surface area contributed by atoms with Crippen LogP contribution < -0.4 is 15.4 Å². The van der Waals surface area contributed by atoms with Crippen LogP contribution in [-0.2, 0) is 19.3 Å². The molecule has 12 heteroatoms. The minimum Gasteiger partial charge on any atom is -0.434 e. The number of nitrogens with one attached hydrogen (secondary N) is 2. The van der Waals surface area contributed by atoms with E-state index in [0.29, 0.717) is 5.56 Å². The Labute approximate surface area is 179 Å². The fourth-order valence-corrected chi connectivity index (χ4v) is 2.88. The second-order valence-corrected chi connectivity index (χ2v) is 6.34. The summed E-state index contributed by atoms with van der Waals surface area (Å²) in [5.74, 6) is 0.316. The zero-order valence-electron chi connectivity index (χ0n) is 14.8. The van der Waals surface area contributed by atoms with Gasteiger partial charge in [0.2, 0.25) is 0 Å². The molecule has 1 aromatic carbocycles. The maximum atomic E-state index is 12.6. The maximum absolute atomic E-state index is 12.6. The summed E-state index contributed by atoms with van der Waals surface area (Å²) >= 11 is 0.875. The smallest absolute Gasteiger partial charge is 0.434 e. The van der Waals surface area contributed by atoms with Crippen molar-refractivity contribution in [3.05, 3.63) is 45.4 Å². The van der Waals surface area contributed by atoms with Crippen LogP contribution in [0, 0.1) is 6.92 Å². The molecule has 0 spiro atoms. The Balaban J connectivity index is 0.00000392. The molecule has 0 unspecified atom stereocenters. The molecule has 0 atom stereocenters. The SMILES string of the molecule is CN=C(NCc1nc(C(F)(F)F)cs1)NCc1cc(C)ccc1OC(F)F.I. The number of rotatable bonds is 6. The molecule has 28 heavy (non-hydrogen) atoms. The predicted molar refractivity (Wildman–Crippen MR) is 107 cm³/mol. The van der Waals surface area contributed by atoms with E-state index in [2.05, 4.69) is 25.3 Å². The normalized spacial score (nSPS) is 11.9. The maximum Gasteiger partial charge on any atom is 0.434 e. The van der Waals surface area contributed by atoms with Crippen molar-refractivity contribution in [1.82, 2.24) is 15.6 Å². The topological polar surface area (TPSA) is 58.5 Å². The Morgan fingerprint density at radius 3 is 2.50 bits per heavy atom. The largest absolute Gasteiger partial charge is 0.434 e. The van der Waals surface area contributed by atoms with Crippen LogP contribution in [0.25, 0.3) is 0 Å². The lowest BCUT2D eigenvalue weighted by Crippen LogP contribution is -2.36. The average Bonchev–Trinajstić information content (AvgIpc) is 3.06. The van der Waals surface area contributed by atoms with Gasteiger partial charge in [-0.3, -0.25) is 4.99 Å². The highest BCUT2D eigenvalue weighted by Crippen LogP contribution is 2.29. The van der Waals surface area contributed by atoms with E-state index >= 15 is 0 Å². The van der Waals surface area contributed by atoms with E-state index < -0.39 is 18.5 Å². The van der Waals surface area contributed by atoms with Gasteiger partial charge < -0.3 is 15.4 Å². The summed E-state index contributed by atoms with van der Waals surface area (Å²) in [5.41, 5.74) is 0.409. The third-order valence-corrected chi connectivity index (χ3v) is 4.20. The highest BCUT2D eigenvalue weighted by Gasteiger charge is 2.33. The van der Waals surface area contributed by atoms with Crippen LogP contribution in [0.2, 0.25) is 0 Å². The van der Waals surface area contributed by atoms with Gasteiger partial charge in [0.15, 0.2) is 11.7 Å². The Kier molecular flexibility index (Phi) is 9.33. The molecule has 0 aliphatic heterocycles. The summed E-state index contributed by atoms with van der Waals surface area (Å²) < 4.78 is 67.1. The van der Waals surface area contributed by atoms with E-state index in [1.807, 2.05) is 6.92 Å². The molecule has 1 aromatic heterocycles. The minimum atomic E-state index is -4.49. The van der Waals surface area contributed by atoms with Gasteiger partial charge in [-0.15, -0.1) is 35.3 Å². The molecule has 0 amide bonds. The van der Waals surface area contributed by atoms with Gasteiger partial charge in [0.05, 0.1) is 6.54 Å². The van der Waals surface area contributed by atoms with E-state index in [9.17, 15) is 22.0 Å². The summed E-state index contributed by atoms with van der Waals surface area (Å²) in [5, 5.41) is 6.91. The Bertz CT molecular complexity index is 798. The summed E-state index contributed by atoms with van der Waals surface area (Å²) in [6, 6.07) is 4.78. The first-order valence-electron chi connectivity index (χ1n) is 7.69. The van der Waals surface area contributed by atoms with Crippen LogP contribution in [0.3, 0.4) is 0 Å². The number of ether oxygens (including phenoxy) is 1. The number of thiazole rings is 1. The number of halogens is 6.